The number of aliphatic imine (C=N–C) groups is 1. The highest BCUT2D eigenvalue weighted by Gasteiger charge is 2.31. The number of hydrogen-bond acceptors (Lipinski definition) is 4. The molecule has 1 saturated heterocycles. The van der Waals surface area contributed by atoms with E-state index in [4.69, 9.17) is 4.74 Å². The van der Waals surface area contributed by atoms with Crippen molar-refractivity contribution in [2.45, 2.75) is 70.9 Å². The maximum Gasteiger partial charge on any atom is 0.307 e. The molecule has 2 aliphatic rings. The SMILES string of the molecule is CN=C(NCCC(=O)OC(C)C)NC1CCN(C(=O)C2CCCCC2)C1. The molecule has 148 valence electrons. The van der Waals surface area contributed by atoms with Gasteiger partial charge in [-0.3, -0.25) is 14.6 Å². The highest BCUT2D eigenvalue weighted by molar-refractivity contribution is 5.81. The Morgan fingerprint density at radius 3 is 2.58 bits per heavy atom. The molecule has 1 aliphatic heterocycles. The maximum atomic E-state index is 12.6. The Kier molecular flexibility index (Phi) is 8.19. The second-order valence-corrected chi connectivity index (χ2v) is 7.54. The van der Waals surface area contributed by atoms with Crippen LogP contribution in [0.5, 0.6) is 0 Å². The molecule has 2 rings (SSSR count). The summed E-state index contributed by atoms with van der Waals surface area (Å²) in [7, 11) is 1.71. The molecule has 1 aliphatic carbocycles. The average molecular weight is 367 g/mol. The van der Waals surface area contributed by atoms with E-state index in [0.717, 1.165) is 32.4 Å². The molecule has 2 N–H and O–H groups in total. The molecule has 26 heavy (non-hydrogen) atoms. The zero-order valence-corrected chi connectivity index (χ0v) is 16.4. The molecule has 7 nitrogen and oxygen atoms in total. The fourth-order valence-corrected chi connectivity index (χ4v) is 3.68. The van der Waals surface area contributed by atoms with Gasteiger partial charge in [0.25, 0.3) is 0 Å². The van der Waals surface area contributed by atoms with Crippen LogP contribution in [0.15, 0.2) is 4.99 Å². The van der Waals surface area contributed by atoms with Gasteiger partial charge in [-0.15, -0.1) is 0 Å². The van der Waals surface area contributed by atoms with Crippen molar-refractivity contribution < 1.29 is 14.3 Å². The summed E-state index contributed by atoms with van der Waals surface area (Å²) in [5, 5.41) is 6.50. The third-order valence-electron chi connectivity index (χ3n) is 5.01. The summed E-state index contributed by atoms with van der Waals surface area (Å²) in [6.07, 6.45) is 6.85. The molecule has 1 unspecified atom stereocenters. The molecule has 0 bridgehead atoms. The Bertz CT molecular complexity index is 501. The molecule has 0 aromatic rings. The Hall–Kier alpha value is -1.79. The largest absolute Gasteiger partial charge is 0.463 e. The minimum Gasteiger partial charge on any atom is -0.463 e. The van der Waals surface area contributed by atoms with E-state index in [0.29, 0.717) is 24.8 Å². The highest BCUT2D eigenvalue weighted by atomic mass is 16.5. The topological polar surface area (TPSA) is 83.0 Å². The molecule has 0 aromatic heterocycles. The first-order valence-electron chi connectivity index (χ1n) is 9.95. The van der Waals surface area contributed by atoms with Crippen LogP contribution in [0.3, 0.4) is 0 Å². The van der Waals surface area contributed by atoms with Gasteiger partial charge < -0.3 is 20.3 Å². The highest BCUT2D eigenvalue weighted by Crippen LogP contribution is 2.26. The number of nitrogens with zero attached hydrogens (tertiary/aromatic N) is 2. The van der Waals surface area contributed by atoms with Crippen molar-refractivity contribution >= 4 is 17.8 Å². The third kappa shape index (κ3) is 6.50. The van der Waals surface area contributed by atoms with Gasteiger partial charge in [-0.2, -0.15) is 0 Å². The van der Waals surface area contributed by atoms with Crippen molar-refractivity contribution in [3.63, 3.8) is 0 Å². The lowest BCUT2D eigenvalue weighted by molar-refractivity contribution is -0.147. The molecule has 2 fully saturated rings. The lowest BCUT2D eigenvalue weighted by Crippen LogP contribution is -2.46. The van der Waals surface area contributed by atoms with E-state index in [2.05, 4.69) is 15.6 Å². The number of ether oxygens (including phenoxy) is 1. The number of esters is 1. The van der Waals surface area contributed by atoms with E-state index in [9.17, 15) is 9.59 Å². The first kappa shape index (κ1) is 20.5. The smallest absolute Gasteiger partial charge is 0.307 e. The van der Waals surface area contributed by atoms with Gasteiger partial charge in [0.1, 0.15) is 0 Å². The number of hydrogen-bond donors (Lipinski definition) is 2. The molecule has 0 radical (unpaired) electrons. The van der Waals surface area contributed by atoms with E-state index in [1.807, 2.05) is 18.7 Å². The molecule has 1 amide bonds. The third-order valence-corrected chi connectivity index (χ3v) is 5.01. The molecular weight excluding hydrogens is 332 g/mol. The first-order valence-corrected chi connectivity index (χ1v) is 9.95. The summed E-state index contributed by atoms with van der Waals surface area (Å²) in [5.74, 6) is 1.01. The van der Waals surface area contributed by atoms with E-state index < -0.39 is 0 Å². The Morgan fingerprint density at radius 2 is 1.92 bits per heavy atom. The molecule has 1 atom stereocenters. The minimum atomic E-state index is -0.215. The summed E-state index contributed by atoms with van der Waals surface area (Å²) in [6, 6.07) is 0.205. The average Bonchev–Trinajstić information content (AvgIpc) is 3.08. The van der Waals surface area contributed by atoms with Crippen LogP contribution < -0.4 is 10.6 Å². The van der Waals surface area contributed by atoms with Crippen LogP contribution in [-0.4, -0.2) is 61.6 Å². The van der Waals surface area contributed by atoms with Crippen LogP contribution >= 0.6 is 0 Å². The van der Waals surface area contributed by atoms with Crippen molar-refractivity contribution in [3.8, 4) is 0 Å². The number of guanidine groups is 1. The summed E-state index contributed by atoms with van der Waals surface area (Å²) in [5.41, 5.74) is 0. The minimum absolute atomic E-state index is 0.0916. The van der Waals surface area contributed by atoms with Gasteiger partial charge in [-0.05, 0) is 33.1 Å². The normalized spacial score (nSPS) is 21.8. The molecule has 1 heterocycles. The Balaban J connectivity index is 1.70. The summed E-state index contributed by atoms with van der Waals surface area (Å²) < 4.78 is 5.11. The summed E-state index contributed by atoms with van der Waals surface area (Å²) >= 11 is 0. The van der Waals surface area contributed by atoms with Gasteiger partial charge in [0.15, 0.2) is 5.96 Å². The number of carbonyl (C=O) groups excluding carboxylic acids is 2. The van der Waals surface area contributed by atoms with Crippen molar-refractivity contribution in [1.29, 1.82) is 0 Å². The molecule has 0 spiro atoms. The van der Waals surface area contributed by atoms with Crippen LogP contribution in [0.2, 0.25) is 0 Å². The second kappa shape index (κ2) is 10.4. The quantitative estimate of drug-likeness (QED) is 0.424. The predicted octanol–water partition coefficient (Wildman–Crippen LogP) is 1.67. The van der Waals surface area contributed by atoms with Crippen molar-refractivity contribution in [2.24, 2.45) is 10.9 Å². The number of nitrogens with one attached hydrogen (secondary N) is 2. The second-order valence-electron chi connectivity index (χ2n) is 7.54. The maximum absolute atomic E-state index is 12.6. The molecule has 7 heteroatoms. The standard InChI is InChI=1S/C19H34N4O3/c1-14(2)26-17(24)9-11-21-19(20-3)22-16-10-12-23(13-16)18(25)15-7-5-4-6-8-15/h14-16H,4-13H2,1-3H3,(H2,20,21,22). The van der Waals surface area contributed by atoms with E-state index >= 15 is 0 Å². The van der Waals surface area contributed by atoms with Crippen LogP contribution in [0.25, 0.3) is 0 Å². The number of likely N-dealkylation sites (tertiary alicyclic amines) is 1. The van der Waals surface area contributed by atoms with Gasteiger partial charge in [0, 0.05) is 38.6 Å². The Morgan fingerprint density at radius 1 is 1.19 bits per heavy atom. The van der Waals surface area contributed by atoms with Gasteiger partial charge >= 0.3 is 5.97 Å². The fourth-order valence-electron chi connectivity index (χ4n) is 3.68. The Labute approximate surface area is 156 Å². The summed E-state index contributed by atoms with van der Waals surface area (Å²) in [4.78, 5) is 30.4. The fraction of sp³-hybridized carbons (Fsp3) is 0.842. The zero-order chi connectivity index (χ0) is 18.9. The number of rotatable bonds is 6. The predicted molar refractivity (Wildman–Crippen MR) is 102 cm³/mol. The summed E-state index contributed by atoms with van der Waals surface area (Å²) in [6.45, 7) is 5.69. The van der Waals surface area contributed by atoms with Crippen molar-refractivity contribution in [3.05, 3.63) is 0 Å². The first-order chi connectivity index (χ1) is 12.5. The van der Waals surface area contributed by atoms with Crippen LogP contribution in [-0.2, 0) is 14.3 Å². The molecular formula is C19H34N4O3. The van der Waals surface area contributed by atoms with Crippen LogP contribution in [0, 0.1) is 5.92 Å². The van der Waals surface area contributed by atoms with Crippen LogP contribution in [0.1, 0.15) is 58.8 Å². The van der Waals surface area contributed by atoms with Gasteiger partial charge in [0.2, 0.25) is 5.91 Å². The van der Waals surface area contributed by atoms with Gasteiger partial charge in [0.05, 0.1) is 12.5 Å². The van der Waals surface area contributed by atoms with Gasteiger partial charge in [-0.1, -0.05) is 19.3 Å². The monoisotopic (exact) mass is 366 g/mol. The zero-order valence-electron chi connectivity index (χ0n) is 16.4. The number of amides is 1. The van der Waals surface area contributed by atoms with E-state index in [1.165, 1.54) is 19.3 Å². The lowest BCUT2D eigenvalue weighted by atomic mass is 9.88. The molecule has 0 aromatic carbocycles. The van der Waals surface area contributed by atoms with E-state index in [1.54, 1.807) is 7.05 Å². The molecule has 1 saturated carbocycles. The van der Waals surface area contributed by atoms with Crippen molar-refractivity contribution in [1.82, 2.24) is 15.5 Å². The van der Waals surface area contributed by atoms with Gasteiger partial charge in [-0.25, -0.2) is 0 Å². The van der Waals surface area contributed by atoms with E-state index in [-0.39, 0.29) is 24.0 Å². The number of carbonyl (C=O) groups is 2. The van der Waals surface area contributed by atoms with Crippen LogP contribution in [0.4, 0.5) is 0 Å². The lowest BCUT2D eigenvalue weighted by Gasteiger charge is -2.26. The van der Waals surface area contributed by atoms with Crippen molar-refractivity contribution in [2.75, 3.05) is 26.7 Å².